The largest absolute Gasteiger partial charge is 0.462 e. The number of hydrogen-bond acceptors (Lipinski definition) is 4. The van der Waals surface area contributed by atoms with E-state index in [0.29, 0.717) is 30.3 Å². The van der Waals surface area contributed by atoms with Crippen LogP contribution in [0.15, 0.2) is 24.3 Å². The number of benzene rings is 1. The highest BCUT2D eigenvalue weighted by Gasteiger charge is 2.19. The topological polar surface area (TPSA) is 52.6 Å². The molecule has 1 rings (SSSR count). The lowest BCUT2D eigenvalue weighted by Crippen LogP contribution is -2.16. The van der Waals surface area contributed by atoms with Gasteiger partial charge in [0.15, 0.2) is 0 Å². The van der Waals surface area contributed by atoms with Crippen LogP contribution in [0.25, 0.3) is 0 Å². The van der Waals surface area contributed by atoms with E-state index in [2.05, 4.69) is 27.7 Å². The minimum atomic E-state index is -0.446. The molecule has 0 aromatic heterocycles. The Labute approximate surface area is 183 Å². The van der Waals surface area contributed by atoms with Crippen molar-refractivity contribution in [3.8, 4) is 0 Å². The molecular formula is C26H42O4. The van der Waals surface area contributed by atoms with Gasteiger partial charge in [0, 0.05) is 0 Å². The Balaban J connectivity index is 2.46. The number of esters is 2. The second-order valence-corrected chi connectivity index (χ2v) is 8.39. The highest BCUT2D eigenvalue weighted by Crippen LogP contribution is 2.18. The minimum Gasteiger partial charge on any atom is -0.462 e. The first-order valence-corrected chi connectivity index (χ1v) is 12.0. The van der Waals surface area contributed by atoms with E-state index in [0.717, 1.165) is 38.0 Å². The second kappa shape index (κ2) is 15.9. The second-order valence-electron chi connectivity index (χ2n) is 8.39. The van der Waals surface area contributed by atoms with Gasteiger partial charge in [0.05, 0.1) is 24.3 Å². The number of unbranched alkanes of at least 4 members (excludes halogenated alkanes) is 3. The summed E-state index contributed by atoms with van der Waals surface area (Å²) in [4.78, 5) is 25.0. The molecule has 0 aliphatic carbocycles. The molecule has 0 radical (unpaired) electrons. The molecule has 1 aromatic carbocycles. The van der Waals surface area contributed by atoms with Crippen LogP contribution in [0.1, 0.15) is 113 Å². The van der Waals surface area contributed by atoms with Gasteiger partial charge in [0.2, 0.25) is 0 Å². The van der Waals surface area contributed by atoms with E-state index in [-0.39, 0.29) is 0 Å². The summed E-state index contributed by atoms with van der Waals surface area (Å²) in [6.45, 7) is 9.62. The first-order chi connectivity index (χ1) is 14.5. The van der Waals surface area contributed by atoms with Crippen LogP contribution in [0, 0.1) is 11.8 Å². The number of carbonyl (C=O) groups is 2. The molecule has 1 aromatic rings. The molecule has 0 heterocycles. The third-order valence-electron chi connectivity index (χ3n) is 5.94. The van der Waals surface area contributed by atoms with Gasteiger partial charge in [-0.1, -0.05) is 91.2 Å². The monoisotopic (exact) mass is 418 g/mol. The zero-order valence-corrected chi connectivity index (χ0v) is 19.6. The summed E-state index contributed by atoms with van der Waals surface area (Å²) < 4.78 is 10.9. The fourth-order valence-electron chi connectivity index (χ4n) is 3.50. The minimum absolute atomic E-state index is 0.292. The fraction of sp³-hybridized carbons (Fsp3) is 0.692. The predicted molar refractivity (Wildman–Crippen MR) is 123 cm³/mol. The van der Waals surface area contributed by atoms with Gasteiger partial charge in [-0.3, -0.25) is 0 Å². The summed E-state index contributed by atoms with van der Waals surface area (Å²) in [6.07, 6.45) is 11.0. The zero-order chi connectivity index (χ0) is 22.2. The van der Waals surface area contributed by atoms with Gasteiger partial charge in [-0.05, 0) is 36.8 Å². The van der Waals surface area contributed by atoms with E-state index in [1.54, 1.807) is 24.3 Å². The van der Waals surface area contributed by atoms with Gasteiger partial charge in [0.25, 0.3) is 0 Å². The molecule has 0 bridgehead atoms. The van der Waals surface area contributed by atoms with Crippen molar-refractivity contribution in [2.75, 3.05) is 13.2 Å². The maximum Gasteiger partial charge on any atom is 0.339 e. The molecule has 2 atom stereocenters. The molecule has 170 valence electrons. The lowest BCUT2D eigenvalue weighted by molar-refractivity contribution is 0.0440. The first kappa shape index (κ1) is 26.2. The van der Waals surface area contributed by atoms with E-state index in [9.17, 15) is 9.59 Å². The van der Waals surface area contributed by atoms with Crippen molar-refractivity contribution in [1.29, 1.82) is 0 Å². The fourth-order valence-corrected chi connectivity index (χ4v) is 3.50. The van der Waals surface area contributed by atoms with E-state index >= 15 is 0 Å². The Morgan fingerprint density at radius 1 is 0.767 bits per heavy atom. The van der Waals surface area contributed by atoms with Crippen LogP contribution in [0.3, 0.4) is 0 Å². The van der Waals surface area contributed by atoms with Crippen molar-refractivity contribution in [2.45, 2.75) is 91.9 Å². The maximum absolute atomic E-state index is 12.5. The van der Waals surface area contributed by atoms with Gasteiger partial charge in [-0.25, -0.2) is 9.59 Å². The quantitative estimate of drug-likeness (QED) is 0.210. The van der Waals surface area contributed by atoms with Crippen molar-refractivity contribution in [3.05, 3.63) is 35.4 Å². The Bertz CT molecular complexity index is 611. The van der Waals surface area contributed by atoms with Crippen molar-refractivity contribution in [2.24, 2.45) is 11.8 Å². The van der Waals surface area contributed by atoms with Gasteiger partial charge in [-0.15, -0.1) is 0 Å². The molecule has 0 aliphatic rings. The molecule has 0 saturated heterocycles. The summed E-state index contributed by atoms with van der Waals surface area (Å²) in [5.74, 6) is 0.447. The third-order valence-corrected chi connectivity index (χ3v) is 5.94. The van der Waals surface area contributed by atoms with Crippen LogP contribution in [0.2, 0.25) is 0 Å². The molecule has 0 aliphatic heterocycles. The van der Waals surface area contributed by atoms with Gasteiger partial charge >= 0.3 is 11.9 Å². The molecular weight excluding hydrogens is 376 g/mol. The molecule has 0 spiro atoms. The molecule has 0 saturated carbocycles. The molecule has 0 amide bonds. The van der Waals surface area contributed by atoms with Crippen LogP contribution in [-0.4, -0.2) is 25.2 Å². The molecule has 0 fully saturated rings. The van der Waals surface area contributed by atoms with Gasteiger partial charge < -0.3 is 9.47 Å². The number of rotatable bonds is 16. The normalized spacial score (nSPS) is 12.9. The molecule has 30 heavy (non-hydrogen) atoms. The SMILES string of the molecule is CCCCC(CC)CCOC(=O)c1ccccc1C(=O)OCCCCCC(C)CC. The first-order valence-electron chi connectivity index (χ1n) is 12.0. The van der Waals surface area contributed by atoms with Crippen LogP contribution in [0.4, 0.5) is 0 Å². The van der Waals surface area contributed by atoms with E-state index < -0.39 is 11.9 Å². The summed E-state index contributed by atoms with van der Waals surface area (Å²) >= 11 is 0. The summed E-state index contributed by atoms with van der Waals surface area (Å²) in [5.41, 5.74) is 0.584. The average molecular weight is 419 g/mol. The summed E-state index contributed by atoms with van der Waals surface area (Å²) in [7, 11) is 0. The van der Waals surface area contributed by atoms with Crippen molar-refractivity contribution < 1.29 is 19.1 Å². The van der Waals surface area contributed by atoms with Crippen molar-refractivity contribution in [3.63, 3.8) is 0 Å². The smallest absolute Gasteiger partial charge is 0.339 e. The number of carbonyl (C=O) groups excluding carboxylic acids is 2. The Kier molecular flexibility index (Phi) is 13.9. The van der Waals surface area contributed by atoms with Gasteiger partial charge in [0.1, 0.15) is 0 Å². The van der Waals surface area contributed by atoms with E-state index in [1.807, 2.05) is 0 Å². The van der Waals surface area contributed by atoms with Crippen LogP contribution < -0.4 is 0 Å². The average Bonchev–Trinajstić information content (AvgIpc) is 2.77. The van der Waals surface area contributed by atoms with Crippen molar-refractivity contribution in [1.82, 2.24) is 0 Å². The van der Waals surface area contributed by atoms with Crippen LogP contribution >= 0.6 is 0 Å². The Morgan fingerprint density at radius 3 is 1.97 bits per heavy atom. The third kappa shape index (κ3) is 10.3. The van der Waals surface area contributed by atoms with Crippen molar-refractivity contribution >= 4 is 11.9 Å². The molecule has 2 unspecified atom stereocenters. The summed E-state index contributed by atoms with van der Waals surface area (Å²) in [5, 5.41) is 0. The van der Waals surface area contributed by atoms with Gasteiger partial charge in [-0.2, -0.15) is 0 Å². The molecule has 4 nitrogen and oxygen atoms in total. The lowest BCUT2D eigenvalue weighted by Gasteiger charge is -2.15. The zero-order valence-electron chi connectivity index (χ0n) is 19.6. The maximum atomic E-state index is 12.5. The van der Waals surface area contributed by atoms with Crippen LogP contribution in [0.5, 0.6) is 0 Å². The molecule has 0 N–H and O–H groups in total. The van der Waals surface area contributed by atoms with E-state index in [4.69, 9.17) is 9.47 Å². The Hall–Kier alpha value is -1.84. The molecule has 4 heteroatoms. The predicted octanol–water partition coefficient (Wildman–Crippen LogP) is 7.21. The number of hydrogen-bond donors (Lipinski definition) is 0. The summed E-state index contributed by atoms with van der Waals surface area (Å²) in [6, 6.07) is 6.77. The Morgan fingerprint density at radius 2 is 1.40 bits per heavy atom. The van der Waals surface area contributed by atoms with E-state index in [1.165, 1.54) is 32.1 Å². The van der Waals surface area contributed by atoms with Crippen LogP contribution in [-0.2, 0) is 9.47 Å². The lowest BCUT2D eigenvalue weighted by atomic mass is 9.96. The highest BCUT2D eigenvalue weighted by atomic mass is 16.5. The number of ether oxygens (including phenoxy) is 2. The standard InChI is InChI=1S/C26H42O4/c1-5-8-15-22(7-3)18-20-30-26(28)24-17-12-11-16-23(24)25(27)29-19-13-9-10-14-21(4)6-2/h11-12,16-17,21-22H,5-10,13-15,18-20H2,1-4H3. The highest BCUT2D eigenvalue weighted by molar-refractivity contribution is 6.03.